The number of rotatable bonds is 5. The average molecular weight is 395 g/mol. The number of nitrogens with zero attached hydrogens (tertiary/aromatic N) is 3. The Morgan fingerprint density at radius 3 is 2.92 bits per heavy atom. The van der Waals surface area contributed by atoms with Crippen molar-refractivity contribution in [1.29, 1.82) is 0 Å². The topological polar surface area (TPSA) is 79.6 Å². The summed E-state index contributed by atoms with van der Waals surface area (Å²) in [6.45, 7) is 4.85. The van der Waals surface area contributed by atoms with Gasteiger partial charge in [-0.05, 0) is 49.3 Å². The molecular formula is C17H22N4O3S2. The van der Waals surface area contributed by atoms with Crippen molar-refractivity contribution < 1.29 is 14.6 Å². The monoisotopic (exact) mass is 394 g/mol. The second-order valence-corrected chi connectivity index (χ2v) is 8.06. The molecule has 1 fully saturated rings. The molecule has 2 N–H and O–H groups in total. The highest BCUT2D eigenvalue weighted by Crippen LogP contribution is 2.24. The van der Waals surface area contributed by atoms with Gasteiger partial charge in [0.1, 0.15) is 6.04 Å². The molecule has 0 aliphatic carbocycles. The first-order chi connectivity index (χ1) is 12.4. The van der Waals surface area contributed by atoms with Crippen LogP contribution in [-0.2, 0) is 16.2 Å². The molecule has 26 heavy (non-hydrogen) atoms. The molecule has 1 aliphatic rings. The Labute approximate surface area is 161 Å². The number of esters is 1. The number of aliphatic hydroxyl groups excluding tert-OH is 1. The van der Waals surface area contributed by atoms with Gasteiger partial charge < -0.3 is 15.2 Å². The van der Waals surface area contributed by atoms with Crippen molar-refractivity contribution in [2.24, 2.45) is 0 Å². The number of aryl methyl sites for hydroxylation is 2. The van der Waals surface area contributed by atoms with Crippen LogP contribution in [-0.4, -0.2) is 51.6 Å². The summed E-state index contributed by atoms with van der Waals surface area (Å²) in [5.41, 5.74) is 3.38. The van der Waals surface area contributed by atoms with Crippen LogP contribution in [0, 0.1) is 17.8 Å². The number of methoxy groups -OCH3 is 1. The summed E-state index contributed by atoms with van der Waals surface area (Å²) in [5, 5.41) is 18.4. The fourth-order valence-electron chi connectivity index (χ4n) is 2.98. The Morgan fingerprint density at radius 1 is 1.46 bits per heavy atom. The number of ether oxygens (including phenoxy) is 1. The first-order valence-electron chi connectivity index (χ1n) is 8.29. The lowest BCUT2D eigenvalue weighted by molar-refractivity contribution is -0.146. The summed E-state index contributed by atoms with van der Waals surface area (Å²) in [7, 11) is 1.35. The van der Waals surface area contributed by atoms with E-state index < -0.39 is 12.1 Å². The Bertz CT molecular complexity index is 864. The van der Waals surface area contributed by atoms with Gasteiger partial charge in [0.05, 0.1) is 19.9 Å². The predicted molar refractivity (Wildman–Crippen MR) is 103 cm³/mol. The molecule has 2 atom stereocenters. The van der Waals surface area contributed by atoms with Crippen LogP contribution < -0.4 is 5.32 Å². The highest BCUT2D eigenvalue weighted by molar-refractivity contribution is 7.73. The fourth-order valence-corrected chi connectivity index (χ4v) is 3.99. The molecule has 1 aliphatic heterocycles. The number of benzene rings is 1. The highest BCUT2D eigenvalue weighted by Gasteiger charge is 2.37. The van der Waals surface area contributed by atoms with Crippen LogP contribution in [0.2, 0.25) is 0 Å². The molecular weight excluding hydrogens is 372 g/mol. The minimum Gasteiger partial charge on any atom is -0.468 e. The average Bonchev–Trinajstić information content (AvgIpc) is 3.13. The van der Waals surface area contributed by atoms with Crippen molar-refractivity contribution >= 4 is 40.3 Å². The molecule has 1 saturated heterocycles. The zero-order chi connectivity index (χ0) is 18.8. The lowest BCUT2D eigenvalue weighted by Crippen LogP contribution is -2.38. The molecule has 0 amide bonds. The zero-order valence-electron chi connectivity index (χ0n) is 14.9. The third-order valence-corrected chi connectivity index (χ3v) is 5.76. The third kappa shape index (κ3) is 4.12. The maximum absolute atomic E-state index is 11.9. The van der Waals surface area contributed by atoms with Gasteiger partial charge in [-0.2, -0.15) is 0 Å². The largest absolute Gasteiger partial charge is 0.468 e. The molecule has 1 aromatic carbocycles. The van der Waals surface area contributed by atoms with Crippen molar-refractivity contribution in [3.05, 3.63) is 33.3 Å². The van der Waals surface area contributed by atoms with Gasteiger partial charge in [-0.1, -0.05) is 17.4 Å². The molecule has 9 heteroatoms. The van der Waals surface area contributed by atoms with E-state index in [0.29, 0.717) is 28.7 Å². The van der Waals surface area contributed by atoms with Crippen LogP contribution in [0.15, 0.2) is 18.2 Å². The van der Waals surface area contributed by atoms with Gasteiger partial charge in [-0.25, -0.2) is 4.68 Å². The van der Waals surface area contributed by atoms with E-state index >= 15 is 0 Å². The standard InChI is InChI=1S/C17H22N4O3S2/c1-10-4-5-12(6-11(10)2)18-16-19-21(17(25)26-16)9-20-8-13(22)7-14(20)15(23)24-3/h4-6,13-14,22H,7-9H2,1-3H3,(H,18,19)/t13-,14-/m0/s1. The van der Waals surface area contributed by atoms with Gasteiger partial charge in [0.15, 0.2) is 3.95 Å². The van der Waals surface area contributed by atoms with Gasteiger partial charge in [0, 0.05) is 18.7 Å². The number of anilines is 2. The van der Waals surface area contributed by atoms with Gasteiger partial charge in [0.25, 0.3) is 0 Å². The van der Waals surface area contributed by atoms with Gasteiger partial charge in [-0.15, -0.1) is 5.10 Å². The molecule has 7 nitrogen and oxygen atoms in total. The summed E-state index contributed by atoms with van der Waals surface area (Å²) in [5.74, 6) is -0.350. The molecule has 2 aromatic rings. The molecule has 0 radical (unpaired) electrons. The first-order valence-corrected chi connectivity index (χ1v) is 9.52. The zero-order valence-corrected chi connectivity index (χ0v) is 16.6. The molecule has 0 unspecified atom stereocenters. The van der Waals surface area contributed by atoms with Crippen LogP contribution in [0.1, 0.15) is 17.5 Å². The number of likely N-dealkylation sites (tertiary alicyclic amines) is 1. The van der Waals surface area contributed by atoms with Crippen molar-refractivity contribution in [3.63, 3.8) is 0 Å². The highest BCUT2D eigenvalue weighted by atomic mass is 32.1. The quantitative estimate of drug-likeness (QED) is 0.596. The first kappa shape index (κ1) is 19.0. The Kier molecular flexibility index (Phi) is 5.71. The number of aliphatic hydroxyl groups is 1. The van der Waals surface area contributed by atoms with Crippen molar-refractivity contribution in [2.75, 3.05) is 19.0 Å². The molecule has 0 bridgehead atoms. The number of hydrogen-bond acceptors (Lipinski definition) is 8. The predicted octanol–water partition coefficient (Wildman–Crippen LogP) is 2.60. The van der Waals surface area contributed by atoms with E-state index in [9.17, 15) is 9.90 Å². The minimum absolute atomic E-state index is 0.334. The molecule has 1 aromatic heterocycles. The molecule has 0 saturated carbocycles. The van der Waals surface area contributed by atoms with E-state index in [4.69, 9.17) is 17.0 Å². The van der Waals surface area contributed by atoms with Crippen LogP contribution in [0.4, 0.5) is 10.8 Å². The van der Waals surface area contributed by atoms with E-state index in [-0.39, 0.29) is 5.97 Å². The summed E-state index contributed by atoms with van der Waals surface area (Å²) in [6, 6.07) is 5.64. The summed E-state index contributed by atoms with van der Waals surface area (Å²) >= 11 is 6.78. The summed E-state index contributed by atoms with van der Waals surface area (Å²) < 4.78 is 7.09. The van der Waals surface area contributed by atoms with E-state index in [0.717, 1.165) is 5.69 Å². The van der Waals surface area contributed by atoms with E-state index in [2.05, 4.69) is 36.4 Å². The second kappa shape index (κ2) is 7.83. The van der Waals surface area contributed by atoms with Crippen molar-refractivity contribution in [2.45, 2.75) is 39.1 Å². The van der Waals surface area contributed by atoms with Crippen LogP contribution in [0.3, 0.4) is 0 Å². The maximum atomic E-state index is 11.9. The number of carbonyl (C=O) groups excluding carboxylic acids is 1. The Morgan fingerprint density at radius 2 is 2.23 bits per heavy atom. The van der Waals surface area contributed by atoms with E-state index in [1.165, 1.54) is 29.6 Å². The van der Waals surface area contributed by atoms with E-state index in [1.54, 1.807) is 4.68 Å². The summed E-state index contributed by atoms with van der Waals surface area (Å²) in [6.07, 6.45) is -0.197. The maximum Gasteiger partial charge on any atom is 0.323 e. The molecule has 140 valence electrons. The smallest absolute Gasteiger partial charge is 0.323 e. The lowest BCUT2D eigenvalue weighted by Gasteiger charge is -2.21. The molecule has 2 heterocycles. The molecule has 0 spiro atoms. The fraction of sp³-hybridized carbons (Fsp3) is 0.471. The number of carbonyl (C=O) groups is 1. The number of β-amino-alcohol motifs (C(OH)–C–C–N with tert-alkyl or cyclic N) is 1. The van der Waals surface area contributed by atoms with Crippen LogP contribution in [0.25, 0.3) is 0 Å². The minimum atomic E-state index is -0.556. The number of aromatic nitrogens is 2. The number of nitrogens with one attached hydrogen (secondary N) is 1. The lowest BCUT2D eigenvalue weighted by atomic mass is 10.1. The Balaban J connectivity index is 1.74. The number of hydrogen-bond donors (Lipinski definition) is 2. The third-order valence-electron chi connectivity index (χ3n) is 4.53. The van der Waals surface area contributed by atoms with Crippen molar-refractivity contribution in [1.82, 2.24) is 14.7 Å². The normalized spacial score (nSPS) is 20.3. The van der Waals surface area contributed by atoms with Gasteiger partial charge in [0.2, 0.25) is 5.13 Å². The van der Waals surface area contributed by atoms with Gasteiger partial charge in [-0.3, -0.25) is 9.69 Å². The Hall–Kier alpha value is -1.81. The SMILES string of the molecule is COC(=O)[C@@H]1C[C@H](O)CN1Cn1nc(Nc2ccc(C)c(C)c2)sc1=S. The van der Waals surface area contributed by atoms with Crippen LogP contribution in [0.5, 0.6) is 0 Å². The second-order valence-electron chi connectivity index (χ2n) is 6.44. The molecule has 3 rings (SSSR count). The van der Waals surface area contributed by atoms with Crippen molar-refractivity contribution in [3.8, 4) is 0 Å². The van der Waals surface area contributed by atoms with E-state index in [1.807, 2.05) is 11.0 Å². The van der Waals surface area contributed by atoms with Gasteiger partial charge >= 0.3 is 5.97 Å². The van der Waals surface area contributed by atoms with Crippen LogP contribution >= 0.6 is 23.6 Å². The summed E-state index contributed by atoms with van der Waals surface area (Å²) in [4.78, 5) is 13.7.